The lowest BCUT2D eigenvalue weighted by atomic mass is 10.1. The normalized spacial score (nSPS) is 10.7. The summed E-state index contributed by atoms with van der Waals surface area (Å²) in [7, 11) is 1.65. The Balaban J connectivity index is 1.58. The van der Waals surface area contributed by atoms with Gasteiger partial charge in [-0.1, -0.05) is 12.1 Å². The number of methoxy groups -OCH3 is 1. The molecule has 4 aromatic rings. The number of aromatic amines is 2. The smallest absolute Gasteiger partial charge is 0.181 e. The summed E-state index contributed by atoms with van der Waals surface area (Å²) in [5, 5.41) is 17.6. The Morgan fingerprint density at radius 1 is 1.08 bits per heavy atom. The van der Waals surface area contributed by atoms with E-state index in [1.807, 2.05) is 54.7 Å². The largest absolute Gasteiger partial charge is 0.497 e. The van der Waals surface area contributed by atoms with Crippen LogP contribution in [-0.2, 0) is 6.54 Å². The van der Waals surface area contributed by atoms with Crippen LogP contribution in [0.1, 0.15) is 5.56 Å². The highest BCUT2D eigenvalue weighted by molar-refractivity contribution is 5.74. The van der Waals surface area contributed by atoms with Crippen molar-refractivity contribution in [3.05, 3.63) is 66.5 Å². The molecule has 0 saturated heterocycles. The van der Waals surface area contributed by atoms with Crippen molar-refractivity contribution in [3.63, 3.8) is 0 Å². The maximum Gasteiger partial charge on any atom is 0.181 e. The first kappa shape index (κ1) is 15.9. The Bertz CT molecular complexity index is 975. The Kier molecular flexibility index (Phi) is 4.34. The van der Waals surface area contributed by atoms with E-state index in [4.69, 9.17) is 4.74 Å². The number of nitrogens with zero attached hydrogens (tertiary/aromatic N) is 3. The molecule has 0 aliphatic rings. The molecule has 2 aromatic carbocycles. The monoisotopic (exact) mass is 346 g/mol. The minimum atomic E-state index is 0.646. The molecule has 3 N–H and O–H groups in total. The molecule has 0 spiro atoms. The molecule has 2 aromatic heterocycles. The van der Waals surface area contributed by atoms with E-state index in [1.165, 1.54) is 0 Å². The van der Waals surface area contributed by atoms with Crippen LogP contribution in [0.3, 0.4) is 0 Å². The fourth-order valence-corrected chi connectivity index (χ4v) is 2.67. The van der Waals surface area contributed by atoms with Crippen molar-refractivity contribution in [3.8, 4) is 28.5 Å². The zero-order valence-corrected chi connectivity index (χ0v) is 14.2. The van der Waals surface area contributed by atoms with Gasteiger partial charge in [0.2, 0.25) is 0 Å². The fraction of sp³-hybridized carbons (Fsp3) is 0.105. The number of ether oxygens (including phenoxy) is 1. The van der Waals surface area contributed by atoms with Crippen LogP contribution in [0.25, 0.3) is 22.8 Å². The second-order valence-corrected chi connectivity index (χ2v) is 5.74. The Morgan fingerprint density at radius 3 is 2.69 bits per heavy atom. The van der Waals surface area contributed by atoms with E-state index < -0.39 is 0 Å². The highest BCUT2D eigenvalue weighted by Crippen LogP contribution is 2.27. The molecule has 7 nitrogen and oxygen atoms in total. The lowest BCUT2D eigenvalue weighted by Gasteiger charge is -2.09. The maximum atomic E-state index is 5.19. The van der Waals surface area contributed by atoms with Crippen LogP contribution in [-0.4, -0.2) is 32.5 Å². The van der Waals surface area contributed by atoms with E-state index >= 15 is 0 Å². The number of anilines is 1. The number of hydrogen-bond donors (Lipinski definition) is 3. The van der Waals surface area contributed by atoms with Gasteiger partial charge in [-0.2, -0.15) is 10.2 Å². The number of para-hydroxylation sites is 1. The SMILES string of the molecule is COc1ccc(-c2n[nH]c(-c3ccccc3NCc3cn[nH]c3)n2)cc1. The summed E-state index contributed by atoms with van der Waals surface area (Å²) in [5.74, 6) is 2.16. The lowest BCUT2D eigenvalue weighted by Crippen LogP contribution is -2.00. The first-order chi connectivity index (χ1) is 12.8. The second-order valence-electron chi connectivity index (χ2n) is 5.74. The minimum Gasteiger partial charge on any atom is -0.497 e. The Hall–Kier alpha value is -3.61. The van der Waals surface area contributed by atoms with Gasteiger partial charge < -0.3 is 10.1 Å². The zero-order valence-electron chi connectivity index (χ0n) is 14.2. The van der Waals surface area contributed by atoms with Gasteiger partial charge in [0.15, 0.2) is 11.6 Å². The van der Waals surface area contributed by atoms with Crippen LogP contribution >= 0.6 is 0 Å². The van der Waals surface area contributed by atoms with Gasteiger partial charge in [0.05, 0.1) is 13.3 Å². The summed E-state index contributed by atoms with van der Waals surface area (Å²) in [6.07, 6.45) is 3.66. The molecule has 2 heterocycles. The molecule has 0 bridgehead atoms. The first-order valence-corrected chi connectivity index (χ1v) is 8.21. The summed E-state index contributed by atoms with van der Waals surface area (Å²) < 4.78 is 5.19. The summed E-state index contributed by atoms with van der Waals surface area (Å²) >= 11 is 0. The Labute approximate surface area is 150 Å². The summed E-state index contributed by atoms with van der Waals surface area (Å²) in [6, 6.07) is 15.7. The quantitative estimate of drug-likeness (QED) is 0.497. The van der Waals surface area contributed by atoms with Crippen LogP contribution in [0.15, 0.2) is 60.9 Å². The number of nitrogens with one attached hydrogen (secondary N) is 3. The average molecular weight is 346 g/mol. The van der Waals surface area contributed by atoms with Crippen molar-refractivity contribution in [2.24, 2.45) is 0 Å². The summed E-state index contributed by atoms with van der Waals surface area (Å²) in [5.41, 5.74) is 3.95. The summed E-state index contributed by atoms with van der Waals surface area (Å²) in [6.45, 7) is 0.674. The third kappa shape index (κ3) is 3.27. The van der Waals surface area contributed by atoms with Crippen molar-refractivity contribution in [2.45, 2.75) is 6.54 Å². The number of hydrogen-bond acceptors (Lipinski definition) is 5. The predicted molar refractivity (Wildman–Crippen MR) is 99.7 cm³/mol. The fourth-order valence-electron chi connectivity index (χ4n) is 2.67. The van der Waals surface area contributed by atoms with Crippen molar-refractivity contribution in [1.29, 1.82) is 0 Å². The third-order valence-electron chi connectivity index (χ3n) is 4.05. The average Bonchev–Trinajstić information content (AvgIpc) is 3.39. The first-order valence-electron chi connectivity index (χ1n) is 8.21. The topological polar surface area (TPSA) is 91.5 Å². The number of rotatable bonds is 6. The van der Waals surface area contributed by atoms with Gasteiger partial charge in [0.1, 0.15) is 5.75 Å². The van der Waals surface area contributed by atoms with Crippen LogP contribution in [0.4, 0.5) is 5.69 Å². The van der Waals surface area contributed by atoms with E-state index in [0.29, 0.717) is 18.2 Å². The molecule has 0 aliphatic carbocycles. The highest BCUT2D eigenvalue weighted by Gasteiger charge is 2.11. The molecule has 0 saturated carbocycles. The van der Waals surface area contributed by atoms with Crippen molar-refractivity contribution >= 4 is 5.69 Å². The minimum absolute atomic E-state index is 0.646. The molecule has 26 heavy (non-hydrogen) atoms. The van der Waals surface area contributed by atoms with Crippen LogP contribution in [0, 0.1) is 0 Å². The summed E-state index contributed by atoms with van der Waals surface area (Å²) in [4.78, 5) is 4.65. The van der Waals surface area contributed by atoms with Crippen molar-refractivity contribution in [1.82, 2.24) is 25.4 Å². The molecular formula is C19H18N6O. The molecule has 0 amide bonds. The van der Waals surface area contributed by atoms with Gasteiger partial charge in [0.25, 0.3) is 0 Å². The molecule has 0 unspecified atom stereocenters. The van der Waals surface area contributed by atoms with E-state index in [0.717, 1.165) is 28.1 Å². The molecule has 0 fully saturated rings. The van der Waals surface area contributed by atoms with Crippen molar-refractivity contribution in [2.75, 3.05) is 12.4 Å². The number of H-pyrrole nitrogens is 2. The molecule has 130 valence electrons. The molecule has 0 radical (unpaired) electrons. The maximum absolute atomic E-state index is 5.19. The van der Waals surface area contributed by atoms with Gasteiger partial charge in [-0.05, 0) is 36.4 Å². The third-order valence-corrected chi connectivity index (χ3v) is 4.05. The second kappa shape index (κ2) is 7.10. The van der Waals surface area contributed by atoms with E-state index in [9.17, 15) is 0 Å². The molecule has 0 atom stereocenters. The molecule has 4 rings (SSSR count). The standard InChI is InChI=1S/C19H18N6O/c1-26-15-8-6-14(7-9-15)18-23-19(25-24-18)16-4-2-3-5-17(16)20-10-13-11-21-22-12-13/h2-9,11-12,20H,10H2,1H3,(H,21,22)(H,23,24,25). The van der Waals surface area contributed by atoms with Crippen LogP contribution in [0.5, 0.6) is 5.75 Å². The predicted octanol–water partition coefficient (Wildman–Crippen LogP) is 3.48. The number of benzene rings is 2. The number of aromatic nitrogens is 5. The van der Waals surface area contributed by atoms with Gasteiger partial charge in [0, 0.05) is 35.1 Å². The van der Waals surface area contributed by atoms with Gasteiger partial charge >= 0.3 is 0 Å². The molecule has 0 aliphatic heterocycles. The van der Waals surface area contributed by atoms with Gasteiger partial charge in [-0.15, -0.1) is 0 Å². The molecular weight excluding hydrogens is 328 g/mol. The van der Waals surface area contributed by atoms with Gasteiger partial charge in [-0.3, -0.25) is 10.2 Å². The van der Waals surface area contributed by atoms with Crippen LogP contribution in [0.2, 0.25) is 0 Å². The van der Waals surface area contributed by atoms with E-state index in [1.54, 1.807) is 13.3 Å². The van der Waals surface area contributed by atoms with E-state index in [2.05, 4.69) is 30.7 Å². The van der Waals surface area contributed by atoms with Crippen LogP contribution < -0.4 is 10.1 Å². The van der Waals surface area contributed by atoms with E-state index in [-0.39, 0.29) is 0 Å². The lowest BCUT2D eigenvalue weighted by molar-refractivity contribution is 0.415. The van der Waals surface area contributed by atoms with Gasteiger partial charge in [-0.25, -0.2) is 4.98 Å². The highest BCUT2D eigenvalue weighted by atomic mass is 16.5. The zero-order chi connectivity index (χ0) is 17.8. The molecule has 7 heteroatoms. The van der Waals surface area contributed by atoms with Crippen molar-refractivity contribution < 1.29 is 4.74 Å². The Morgan fingerprint density at radius 2 is 1.92 bits per heavy atom.